The number of nitriles is 1. The lowest BCUT2D eigenvalue weighted by Crippen LogP contribution is -2.13. The highest BCUT2D eigenvalue weighted by atomic mass is 79.9. The molecular formula is C26H22BrFN2O3. The van der Waals surface area contributed by atoms with Crippen LogP contribution in [-0.2, 0) is 11.4 Å². The molecule has 168 valence electrons. The van der Waals surface area contributed by atoms with Gasteiger partial charge in [-0.2, -0.15) is 5.26 Å². The Labute approximate surface area is 200 Å². The molecule has 0 heterocycles. The summed E-state index contributed by atoms with van der Waals surface area (Å²) in [5.74, 6) is 0.119. The van der Waals surface area contributed by atoms with Crippen molar-refractivity contribution in [2.24, 2.45) is 0 Å². The van der Waals surface area contributed by atoms with Crippen molar-refractivity contribution in [2.45, 2.75) is 20.5 Å². The molecule has 7 heteroatoms. The third-order valence-electron chi connectivity index (χ3n) is 4.64. The van der Waals surface area contributed by atoms with Crippen molar-refractivity contribution in [3.05, 3.63) is 93.2 Å². The number of aryl methyl sites for hydroxylation is 1. The quantitative estimate of drug-likeness (QED) is 0.281. The molecule has 5 nitrogen and oxygen atoms in total. The van der Waals surface area contributed by atoms with Crippen molar-refractivity contribution in [2.75, 3.05) is 11.9 Å². The Bertz CT molecular complexity index is 1200. The molecule has 0 spiro atoms. The van der Waals surface area contributed by atoms with E-state index in [1.165, 1.54) is 18.2 Å². The standard InChI is InChI=1S/C26H22BrFN2O3/c1-3-32-24-13-19(12-20(15-29)26(31)30-22-10-4-17(2)5-11-22)23(27)14-25(24)33-16-18-6-8-21(28)9-7-18/h4-14H,3,16H2,1-2H3,(H,30,31)/b20-12+. The zero-order chi connectivity index (χ0) is 23.8. The van der Waals surface area contributed by atoms with E-state index >= 15 is 0 Å². The summed E-state index contributed by atoms with van der Waals surface area (Å²) in [4.78, 5) is 12.6. The number of carbonyl (C=O) groups is 1. The first-order chi connectivity index (χ1) is 15.9. The zero-order valence-electron chi connectivity index (χ0n) is 18.2. The van der Waals surface area contributed by atoms with E-state index in [0.717, 1.165) is 11.1 Å². The van der Waals surface area contributed by atoms with E-state index in [9.17, 15) is 14.4 Å². The van der Waals surface area contributed by atoms with Crippen molar-refractivity contribution >= 4 is 33.6 Å². The number of anilines is 1. The van der Waals surface area contributed by atoms with Gasteiger partial charge in [0.2, 0.25) is 0 Å². The molecule has 0 unspecified atom stereocenters. The van der Waals surface area contributed by atoms with Crippen LogP contribution in [0.3, 0.4) is 0 Å². The van der Waals surface area contributed by atoms with Crippen LogP contribution in [-0.4, -0.2) is 12.5 Å². The van der Waals surface area contributed by atoms with Crippen LogP contribution in [0.5, 0.6) is 11.5 Å². The van der Waals surface area contributed by atoms with E-state index in [2.05, 4.69) is 21.2 Å². The second kappa shape index (κ2) is 11.3. The molecule has 33 heavy (non-hydrogen) atoms. The number of rotatable bonds is 8. The van der Waals surface area contributed by atoms with Gasteiger partial charge in [-0.25, -0.2) is 4.39 Å². The molecular weight excluding hydrogens is 487 g/mol. The first-order valence-electron chi connectivity index (χ1n) is 10.2. The number of amides is 1. The van der Waals surface area contributed by atoms with Gasteiger partial charge in [-0.15, -0.1) is 0 Å². The van der Waals surface area contributed by atoms with Crippen LogP contribution in [0.1, 0.15) is 23.6 Å². The van der Waals surface area contributed by atoms with E-state index in [4.69, 9.17) is 9.47 Å². The Morgan fingerprint density at radius 2 is 1.76 bits per heavy atom. The number of nitrogens with one attached hydrogen (secondary N) is 1. The highest BCUT2D eigenvalue weighted by Gasteiger charge is 2.14. The van der Waals surface area contributed by atoms with Gasteiger partial charge in [0.1, 0.15) is 24.1 Å². The summed E-state index contributed by atoms with van der Waals surface area (Å²) in [5, 5.41) is 12.3. The largest absolute Gasteiger partial charge is 0.490 e. The van der Waals surface area contributed by atoms with Crippen LogP contribution >= 0.6 is 15.9 Å². The first-order valence-corrected chi connectivity index (χ1v) is 11.0. The molecule has 1 amide bonds. The molecule has 0 bridgehead atoms. The maximum atomic E-state index is 13.1. The fourth-order valence-electron chi connectivity index (χ4n) is 2.92. The van der Waals surface area contributed by atoms with Crippen molar-refractivity contribution < 1.29 is 18.7 Å². The predicted octanol–water partition coefficient (Wildman–Crippen LogP) is 6.42. The molecule has 0 atom stereocenters. The second-order valence-electron chi connectivity index (χ2n) is 7.16. The van der Waals surface area contributed by atoms with Crippen molar-refractivity contribution in [3.8, 4) is 17.6 Å². The summed E-state index contributed by atoms with van der Waals surface area (Å²) in [6.07, 6.45) is 1.49. The van der Waals surface area contributed by atoms with Gasteiger partial charge in [0.25, 0.3) is 5.91 Å². The lowest BCUT2D eigenvalue weighted by molar-refractivity contribution is -0.112. The summed E-state index contributed by atoms with van der Waals surface area (Å²) in [6.45, 7) is 4.42. The number of hydrogen-bond acceptors (Lipinski definition) is 4. The van der Waals surface area contributed by atoms with Crippen LogP contribution in [0.25, 0.3) is 6.08 Å². The van der Waals surface area contributed by atoms with Crippen molar-refractivity contribution in [1.82, 2.24) is 0 Å². The number of ether oxygens (including phenoxy) is 2. The van der Waals surface area contributed by atoms with Gasteiger partial charge in [-0.1, -0.05) is 45.8 Å². The summed E-state index contributed by atoms with van der Waals surface area (Å²) in [7, 11) is 0. The molecule has 0 saturated heterocycles. The topological polar surface area (TPSA) is 71.3 Å². The highest BCUT2D eigenvalue weighted by Crippen LogP contribution is 2.35. The Morgan fingerprint density at radius 1 is 1.09 bits per heavy atom. The van der Waals surface area contributed by atoms with E-state index in [1.54, 1.807) is 36.4 Å². The number of benzene rings is 3. The van der Waals surface area contributed by atoms with E-state index in [0.29, 0.717) is 33.8 Å². The minimum atomic E-state index is -0.511. The van der Waals surface area contributed by atoms with Gasteiger partial charge >= 0.3 is 0 Å². The minimum absolute atomic E-state index is 0.0568. The average Bonchev–Trinajstić information content (AvgIpc) is 2.80. The van der Waals surface area contributed by atoms with E-state index in [-0.39, 0.29) is 18.0 Å². The zero-order valence-corrected chi connectivity index (χ0v) is 19.8. The molecule has 0 aliphatic carbocycles. The van der Waals surface area contributed by atoms with Crippen LogP contribution in [0.15, 0.2) is 70.7 Å². The summed E-state index contributed by atoms with van der Waals surface area (Å²) in [5.41, 5.74) is 3.00. The average molecular weight is 509 g/mol. The molecule has 3 aromatic carbocycles. The summed E-state index contributed by atoms with van der Waals surface area (Å²) < 4.78 is 25.3. The Morgan fingerprint density at radius 3 is 2.39 bits per heavy atom. The number of hydrogen-bond donors (Lipinski definition) is 1. The van der Waals surface area contributed by atoms with Gasteiger partial charge in [-0.05, 0) is 67.4 Å². The van der Waals surface area contributed by atoms with Gasteiger partial charge < -0.3 is 14.8 Å². The van der Waals surface area contributed by atoms with Crippen LogP contribution in [0, 0.1) is 24.1 Å². The molecule has 0 aliphatic heterocycles. The smallest absolute Gasteiger partial charge is 0.266 e. The Hall–Kier alpha value is -3.63. The third-order valence-corrected chi connectivity index (χ3v) is 5.33. The number of nitrogens with zero attached hydrogens (tertiary/aromatic N) is 1. The third kappa shape index (κ3) is 6.67. The van der Waals surface area contributed by atoms with E-state index in [1.807, 2.05) is 32.0 Å². The fourth-order valence-corrected chi connectivity index (χ4v) is 3.36. The Balaban J connectivity index is 1.83. The molecule has 0 fully saturated rings. The maximum Gasteiger partial charge on any atom is 0.266 e. The predicted molar refractivity (Wildman–Crippen MR) is 129 cm³/mol. The fraction of sp³-hybridized carbons (Fsp3) is 0.154. The van der Waals surface area contributed by atoms with Crippen LogP contribution in [0.4, 0.5) is 10.1 Å². The molecule has 3 rings (SSSR count). The Kier molecular flexibility index (Phi) is 8.22. The normalized spacial score (nSPS) is 10.9. The van der Waals surface area contributed by atoms with Gasteiger partial charge in [0, 0.05) is 10.2 Å². The monoisotopic (exact) mass is 508 g/mol. The number of carbonyl (C=O) groups excluding carboxylic acids is 1. The van der Waals surface area contributed by atoms with E-state index < -0.39 is 5.91 Å². The molecule has 3 aromatic rings. The summed E-state index contributed by atoms with van der Waals surface area (Å²) in [6, 6.07) is 18.7. The first kappa shape index (κ1) is 24.0. The molecule has 0 saturated carbocycles. The lowest BCUT2D eigenvalue weighted by atomic mass is 10.1. The van der Waals surface area contributed by atoms with Gasteiger partial charge in [0.15, 0.2) is 11.5 Å². The lowest BCUT2D eigenvalue weighted by Gasteiger charge is -2.14. The van der Waals surface area contributed by atoms with Crippen molar-refractivity contribution in [3.63, 3.8) is 0 Å². The van der Waals surface area contributed by atoms with Crippen LogP contribution < -0.4 is 14.8 Å². The SMILES string of the molecule is CCOc1cc(/C=C(\C#N)C(=O)Nc2ccc(C)cc2)c(Br)cc1OCc1ccc(F)cc1. The molecule has 0 aromatic heterocycles. The summed E-state index contributed by atoms with van der Waals surface area (Å²) >= 11 is 3.48. The molecule has 1 N–H and O–H groups in total. The maximum absolute atomic E-state index is 13.1. The van der Waals surface area contributed by atoms with Gasteiger partial charge in [0.05, 0.1) is 6.61 Å². The second-order valence-corrected chi connectivity index (χ2v) is 8.01. The molecule has 0 aliphatic rings. The minimum Gasteiger partial charge on any atom is -0.490 e. The van der Waals surface area contributed by atoms with Crippen LogP contribution in [0.2, 0.25) is 0 Å². The van der Waals surface area contributed by atoms with Crippen molar-refractivity contribution in [1.29, 1.82) is 5.26 Å². The highest BCUT2D eigenvalue weighted by molar-refractivity contribution is 9.10. The molecule has 0 radical (unpaired) electrons. The number of halogens is 2. The van der Waals surface area contributed by atoms with Gasteiger partial charge in [-0.3, -0.25) is 4.79 Å².